The standard InChI is InChI=1S/C26H29N5O4/c32-24-8-7-22(25(33)29-24)31-14-16-9-19(5-6-20(16)26(31)34)35-23-4-2-1-3-21(23)30-12-18(13-30)17-10-27-15-28-11-17/h5-6,9-11,15,18,21-23H,1-4,7-8,12-14H2,(H,29,32,33)/t21-,22?,23-/m1/s1. The second-order valence-corrected chi connectivity index (χ2v) is 10.0. The number of fused-ring (bicyclic) bond motifs is 1. The summed E-state index contributed by atoms with van der Waals surface area (Å²) in [5, 5.41) is 2.35. The zero-order valence-corrected chi connectivity index (χ0v) is 19.6. The second kappa shape index (κ2) is 9.03. The van der Waals surface area contributed by atoms with Crippen LogP contribution >= 0.6 is 0 Å². The van der Waals surface area contributed by atoms with E-state index in [-0.39, 0.29) is 30.2 Å². The van der Waals surface area contributed by atoms with Crippen molar-refractivity contribution in [3.8, 4) is 5.75 Å². The van der Waals surface area contributed by atoms with E-state index in [1.54, 1.807) is 11.2 Å². The number of imide groups is 1. The Balaban J connectivity index is 1.12. The fraction of sp³-hybridized carbons (Fsp3) is 0.500. The molecule has 6 rings (SSSR count). The van der Waals surface area contributed by atoms with Gasteiger partial charge in [0.1, 0.15) is 24.2 Å². The Bertz CT molecular complexity index is 1150. The third-order valence-electron chi connectivity index (χ3n) is 7.88. The van der Waals surface area contributed by atoms with Gasteiger partial charge in [-0.15, -0.1) is 0 Å². The fourth-order valence-electron chi connectivity index (χ4n) is 5.95. The van der Waals surface area contributed by atoms with Crippen LogP contribution in [0.1, 0.15) is 65.9 Å². The summed E-state index contributed by atoms with van der Waals surface area (Å²) in [6.07, 6.45) is 10.6. The number of rotatable bonds is 5. The molecule has 4 heterocycles. The first kappa shape index (κ1) is 22.2. The molecule has 3 atom stereocenters. The molecule has 2 saturated heterocycles. The SMILES string of the molecule is O=C1CCC(N2Cc3cc(O[C@@H]4CCCC[C@H]4N4CC(c5cncnc5)C4)ccc3C2=O)C(=O)N1. The van der Waals surface area contributed by atoms with Crippen LogP contribution in [0, 0.1) is 0 Å². The number of hydrogen-bond acceptors (Lipinski definition) is 7. The zero-order chi connectivity index (χ0) is 23.9. The Morgan fingerprint density at radius 3 is 2.60 bits per heavy atom. The van der Waals surface area contributed by atoms with Crippen LogP contribution in [-0.4, -0.2) is 68.8 Å². The highest BCUT2D eigenvalue weighted by Gasteiger charge is 2.41. The van der Waals surface area contributed by atoms with Crippen LogP contribution in [0.2, 0.25) is 0 Å². The molecule has 35 heavy (non-hydrogen) atoms. The van der Waals surface area contributed by atoms with Crippen LogP contribution in [0.15, 0.2) is 36.9 Å². The molecule has 1 unspecified atom stereocenters. The summed E-state index contributed by atoms with van der Waals surface area (Å²) in [6, 6.07) is 5.40. The molecular formula is C26H29N5O4. The molecule has 0 bridgehead atoms. The molecule has 9 heteroatoms. The van der Waals surface area contributed by atoms with Gasteiger partial charge in [0.05, 0.1) is 0 Å². The Morgan fingerprint density at radius 1 is 1.00 bits per heavy atom. The number of nitrogens with zero attached hydrogens (tertiary/aromatic N) is 4. The lowest BCUT2D eigenvalue weighted by Crippen LogP contribution is -2.57. The average molecular weight is 476 g/mol. The van der Waals surface area contributed by atoms with Crippen molar-refractivity contribution in [2.45, 2.75) is 69.2 Å². The van der Waals surface area contributed by atoms with Crippen molar-refractivity contribution in [1.29, 1.82) is 0 Å². The van der Waals surface area contributed by atoms with Gasteiger partial charge in [-0.05, 0) is 55.0 Å². The predicted molar refractivity (Wildman–Crippen MR) is 126 cm³/mol. The number of nitrogens with one attached hydrogen (secondary N) is 1. The molecule has 3 aliphatic heterocycles. The van der Waals surface area contributed by atoms with Gasteiger partial charge >= 0.3 is 0 Å². The molecule has 1 aliphatic carbocycles. The summed E-state index contributed by atoms with van der Waals surface area (Å²) >= 11 is 0. The van der Waals surface area contributed by atoms with Crippen molar-refractivity contribution in [3.05, 3.63) is 53.6 Å². The molecule has 1 aromatic carbocycles. The maximum Gasteiger partial charge on any atom is 0.255 e. The molecule has 0 radical (unpaired) electrons. The molecule has 0 spiro atoms. The van der Waals surface area contributed by atoms with E-state index in [0.717, 1.165) is 43.7 Å². The van der Waals surface area contributed by atoms with Gasteiger partial charge in [-0.3, -0.25) is 24.6 Å². The molecular weight excluding hydrogens is 446 g/mol. The molecule has 4 aliphatic rings. The number of carbonyl (C=O) groups excluding carboxylic acids is 3. The highest BCUT2D eigenvalue weighted by Crippen LogP contribution is 2.36. The largest absolute Gasteiger partial charge is 0.489 e. The Labute approximate surface area is 203 Å². The van der Waals surface area contributed by atoms with E-state index in [1.165, 1.54) is 12.0 Å². The minimum atomic E-state index is -0.603. The van der Waals surface area contributed by atoms with Crippen molar-refractivity contribution in [3.63, 3.8) is 0 Å². The van der Waals surface area contributed by atoms with Gasteiger partial charge in [-0.2, -0.15) is 0 Å². The Kier molecular flexibility index (Phi) is 5.72. The number of piperidine rings is 1. The smallest absolute Gasteiger partial charge is 0.255 e. The van der Waals surface area contributed by atoms with Gasteiger partial charge in [0.15, 0.2) is 0 Å². The van der Waals surface area contributed by atoms with Crippen LogP contribution in [0.3, 0.4) is 0 Å². The number of likely N-dealkylation sites (tertiary alicyclic amines) is 1. The van der Waals surface area contributed by atoms with Gasteiger partial charge in [0.25, 0.3) is 5.91 Å². The summed E-state index contributed by atoms with van der Waals surface area (Å²) in [7, 11) is 0. The molecule has 3 amide bonds. The Hall–Kier alpha value is -3.33. The molecule has 1 N–H and O–H groups in total. The molecule has 1 saturated carbocycles. The number of amides is 3. The lowest BCUT2D eigenvalue weighted by Gasteiger charge is -2.48. The average Bonchev–Trinajstić information content (AvgIpc) is 3.15. The number of benzene rings is 1. The maximum atomic E-state index is 13.0. The topological polar surface area (TPSA) is 105 Å². The first-order chi connectivity index (χ1) is 17.1. The molecule has 182 valence electrons. The minimum absolute atomic E-state index is 0.109. The van der Waals surface area contributed by atoms with Gasteiger partial charge in [-0.1, -0.05) is 6.42 Å². The number of carbonyl (C=O) groups is 3. The lowest BCUT2D eigenvalue weighted by atomic mass is 9.85. The normalized spacial score (nSPS) is 27.4. The second-order valence-electron chi connectivity index (χ2n) is 10.0. The third kappa shape index (κ3) is 4.18. The highest BCUT2D eigenvalue weighted by molar-refractivity contribution is 6.05. The summed E-state index contributed by atoms with van der Waals surface area (Å²) in [6.45, 7) is 2.35. The molecule has 1 aromatic heterocycles. The number of ether oxygens (including phenoxy) is 1. The van der Waals surface area contributed by atoms with Crippen molar-refractivity contribution in [2.75, 3.05) is 13.1 Å². The predicted octanol–water partition coefficient (Wildman–Crippen LogP) is 2.03. The first-order valence-corrected chi connectivity index (χ1v) is 12.5. The number of aromatic nitrogens is 2. The Morgan fingerprint density at radius 2 is 1.80 bits per heavy atom. The van der Waals surface area contributed by atoms with Crippen molar-refractivity contribution in [1.82, 2.24) is 25.1 Å². The summed E-state index contributed by atoms with van der Waals surface area (Å²) < 4.78 is 6.52. The zero-order valence-electron chi connectivity index (χ0n) is 19.6. The van der Waals surface area contributed by atoms with E-state index in [4.69, 9.17) is 4.74 Å². The van der Waals surface area contributed by atoms with Crippen LogP contribution in [-0.2, 0) is 16.1 Å². The van der Waals surface area contributed by atoms with Crippen LogP contribution in [0.5, 0.6) is 5.75 Å². The summed E-state index contributed by atoms with van der Waals surface area (Å²) in [5.74, 6) is 0.417. The van der Waals surface area contributed by atoms with Gasteiger partial charge < -0.3 is 9.64 Å². The quantitative estimate of drug-likeness (QED) is 0.660. The fourth-order valence-corrected chi connectivity index (χ4v) is 5.95. The first-order valence-electron chi connectivity index (χ1n) is 12.5. The summed E-state index contributed by atoms with van der Waals surface area (Å²) in [5.41, 5.74) is 2.68. The van der Waals surface area contributed by atoms with E-state index < -0.39 is 6.04 Å². The van der Waals surface area contributed by atoms with Crippen LogP contribution in [0.4, 0.5) is 0 Å². The van der Waals surface area contributed by atoms with Gasteiger partial charge in [0.2, 0.25) is 11.8 Å². The van der Waals surface area contributed by atoms with Gasteiger partial charge in [-0.25, -0.2) is 9.97 Å². The number of hydrogen-bond donors (Lipinski definition) is 1. The van der Waals surface area contributed by atoms with Gasteiger partial charge in [0, 0.05) is 56.0 Å². The van der Waals surface area contributed by atoms with E-state index in [9.17, 15) is 14.4 Å². The lowest BCUT2D eigenvalue weighted by molar-refractivity contribution is -0.136. The van der Waals surface area contributed by atoms with E-state index >= 15 is 0 Å². The van der Waals surface area contributed by atoms with E-state index in [1.807, 2.05) is 30.6 Å². The van der Waals surface area contributed by atoms with Crippen LogP contribution in [0.25, 0.3) is 0 Å². The summed E-state index contributed by atoms with van der Waals surface area (Å²) in [4.78, 5) is 49.2. The molecule has 9 nitrogen and oxygen atoms in total. The van der Waals surface area contributed by atoms with Crippen molar-refractivity contribution in [2.24, 2.45) is 0 Å². The third-order valence-corrected chi connectivity index (χ3v) is 7.88. The van der Waals surface area contributed by atoms with Crippen molar-refractivity contribution >= 4 is 17.7 Å². The molecule has 2 aromatic rings. The minimum Gasteiger partial charge on any atom is -0.489 e. The van der Waals surface area contributed by atoms with Crippen LogP contribution < -0.4 is 10.1 Å². The van der Waals surface area contributed by atoms with Crippen molar-refractivity contribution < 1.29 is 19.1 Å². The van der Waals surface area contributed by atoms with E-state index in [2.05, 4.69) is 20.2 Å². The van der Waals surface area contributed by atoms with E-state index in [0.29, 0.717) is 30.5 Å². The molecule has 3 fully saturated rings. The highest BCUT2D eigenvalue weighted by atomic mass is 16.5. The maximum absolute atomic E-state index is 13.0. The monoisotopic (exact) mass is 475 g/mol.